The number of benzene rings is 10. The molecule has 0 atom stereocenters. The molecule has 150 heavy (non-hydrogen) atoms. The molecule has 0 aliphatic heterocycles. The van der Waals surface area contributed by atoms with Gasteiger partial charge in [-0.1, -0.05) is 146 Å². The van der Waals surface area contributed by atoms with Crippen LogP contribution in [-0.4, -0.2) is 96.8 Å². The van der Waals surface area contributed by atoms with Crippen LogP contribution < -0.4 is 9.80 Å². The van der Waals surface area contributed by atoms with Gasteiger partial charge in [-0.2, -0.15) is 17.5 Å². The summed E-state index contributed by atoms with van der Waals surface area (Å²) in [6, 6.07) is 128. The monoisotopic (exact) mass is 2790 g/mol. The fourth-order valence-electron chi connectivity index (χ4n) is 15.7. The van der Waals surface area contributed by atoms with Crippen LogP contribution in [0.15, 0.2) is 371 Å². The Bertz CT molecular complexity index is 7750. The molecule has 0 N–H and O–H groups in total. The Balaban J connectivity index is 0.000000190. The molecular formula is C119H96F8N10O6Pt4S3. The number of halogens is 8. The molecule has 8 aromatic heterocycles. The van der Waals surface area contributed by atoms with Crippen LogP contribution in [0.25, 0.3) is 90.1 Å². The smallest absolute Gasteiger partial charge is 0.394 e. The molecule has 0 bridgehead atoms. The molecule has 10 aromatic carbocycles. The Morgan fingerprint density at radius 1 is 0.287 bits per heavy atom. The second-order valence-electron chi connectivity index (χ2n) is 36.3. The van der Waals surface area contributed by atoms with E-state index in [0.717, 1.165) is 104 Å². The van der Waals surface area contributed by atoms with E-state index >= 15 is 0 Å². The molecule has 0 saturated carbocycles. The zero-order valence-corrected chi connectivity index (χ0v) is 94.2. The van der Waals surface area contributed by atoms with E-state index in [2.05, 4.69) is 190 Å². The van der Waals surface area contributed by atoms with Gasteiger partial charge in [-0.15, -0.1) is 262 Å². The largest absolute Gasteiger partial charge is 2.00 e. The zero-order valence-electron chi connectivity index (χ0n) is 82.6. The number of hydrogen-bond acceptors (Lipinski definition) is 17. The van der Waals surface area contributed by atoms with Gasteiger partial charge in [0.1, 0.15) is 0 Å². The molecule has 0 saturated heterocycles. The molecule has 0 aliphatic carbocycles. The molecular weight excluding hydrogens is 2690 g/mol. The van der Waals surface area contributed by atoms with Crippen LogP contribution in [-0.2, 0) is 141 Å². The van der Waals surface area contributed by atoms with Gasteiger partial charge in [0, 0.05) is 119 Å². The van der Waals surface area contributed by atoms with Crippen molar-refractivity contribution in [3.63, 3.8) is 0 Å². The summed E-state index contributed by atoms with van der Waals surface area (Å²) in [7, 11) is -1.07. The van der Waals surface area contributed by atoms with Crippen molar-refractivity contribution in [3.8, 4) is 90.1 Å². The van der Waals surface area contributed by atoms with Gasteiger partial charge in [0.25, 0.3) is 9.84 Å². The van der Waals surface area contributed by atoms with Gasteiger partial charge in [-0.25, -0.2) is 25.6 Å². The van der Waals surface area contributed by atoms with E-state index in [-0.39, 0.29) is 122 Å². The summed E-state index contributed by atoms with van der Waals surface area (Å²) in [5.74, 6) is -0.656. The van der Waals surface area contributed by atoms with Crippen molar-refractivity contribution in [2.24, 2.45) is 0 Å². The minimum atomic E-state index is -5.56. The number of alkyl halides is 6. The Hall–Kier alpha value is -12.6. The third-order valence-corrected chi connectivity index (χ3v) is 28.0. The van der Waals surface area contributed by atoms with E-state index in [9.17, 15) is 52.0 Å². The Labute approximate surface area is 931 Å². The van der Waals surface area contributed by atoms with Crippen molar-refractivity contribution in [2.45, 2.75) is 115 Å². The van der Waals surface area contributed by atoms with Crippen molar-refractivity contribution in [1.29, 1.82) is 0 Å². The van der Waals surface area contributed by atoms with Gasteiger partial charge in [-0.05, 0) is 200 Å². The molecule has 0 unspecified atom stereocenters. The fraction of sp³-hybridized carbons (Fsp3) is 0.160. The van der Waals surface area contributed by atoms with Gasteiger partial charge >= 0.3 is 96.1 Å². The predicted molar refractivity (Wildman–Crippen MR) is 554 cm³/mol. The molecule has 31 heteroatoms. The number of nitrogens with zero attached hydrogens (tertiary/aromatic N) is 10. The standard InChI is InChI=1S/C38H30N2O2S.C29H30N4.C27H18F6N2O4S2.C25H18F2N2.4Pt/c1-38(2,36-23-11-21-34(39-36)30-16-9-15-29(26-30)25-28-13-5-3-6-14-28)37-24-12-22-35(40-37)31-17-10-20-33(27-31)43(41,42)32-18-7-4-8-19-32;1-29(2,27-17-9-15-25(30-27)21-11-7-13-23(19-21)32(3)4)28-18-10-16-26(31-28)22-12-8-14-24(20-22)33(5)6;1-25(2,23-13-5-11-21(34-23)17-7-3-9-19(15-17)40-39-38-26(28,29)30)24-14-6-12-22(35-24)18-8-4-10-20(16-18)41(36,37)27(31,32)33;1-25(2,23-13-5-11-21(28-23)17-7-3-9-19(26)15-17)24-14-6-12-22(29-24)18-8-4-10-20(27)16-18;;;;/h3-15,18-24,26-27H,25H2,1-2H3;7-10,13-20H,1-6H3;3-6,9-16H,1-2H3;3-6,9-16H,1-2H3;;;;/q4*-2;4*+2. The van der Waals surface area contributed by atoms with Crippen LogP contribution in [0.4, 0.5) is 46.5 Å². The quantitative estimate of drug-likeness (QED) is 0.0163. The summed E-state index contributed by atoms with van der Waals surface area (Å²) in [6.07, 6.45) is -4.11. The number of pyridine rings is 8. The van der Waals surface area contributed by atoms with Crippen LogP contribution in [0.1, 0.15) is 112 Å². The molecule has 0 spiro atoms. The molecule has 0 amide bonds. The fourth-order valence-corrected chi connectivity index (χ4v) is 18.2. The van der Waals surface area contributed by atoms with Crippen LogP contribution >= 0.6 is 12.0 Å². The summed E-state index contributed by atoms with van der Waals surface area (Å²) in [5, 5.41) is 0. The van der Waals surface area contributed by atoms with Crippen molar-refractivity contribution in [3.05, 3.63) is 469 Å². The van der Waals surface area contributed by atoms with Crippen LogP contribution in [0.3, 0.4) is 0 Å². The number of hydrogen-bond donors (Lipinski definition) is 0. The molecule has 0 radical (unpaired) electrons. The summed E-state index contributed by atoms with van der Waals surface area (Å²) in [6.45, 7) is 16.2. The van der Waals surface area contributed by atoms with E-state index in [1.807, 2.05) is 165 Å². The van der Waals surface area contributed by atoms with Crippen LogP contribution in [0.2, 0.25) is 0 Å². The van der Waals surface area contributed by atoms with E-state index in [0.29, 0.717) is 73.4 Å². The molecule has 18 rings (SSSR count). The maximum atomic E-state index is 13.6. The maximum absolute atomic E-state index is 13.6. The average molecular weight is 2790 g/mol. The first-order chi connectivity index (χ1) is 69.6. The SMILES string of the molecule is CC(C)(c1cccc(-c2[c-]ccc(Cc3ccccc3)c2)n1)c1cccc(-c2[c-]ccc(S(=O)(=O)c3ccccc3)c2)n1.CC(C)(c1cccc(-c2[c-]ccc(F)c2)n1)c1cccc(-c2[c-]ccc(F)c2)n1.CC(C)(c1cccc(-c2[c-]ccc(SOOC(F)(F)F)c2)n1)c1cccc(-c2[c-]ccc(S(=O)(=O)C(F)(F)F)c2)n1.CN(C)c1cc[c-]c(-c2cccc(C(C)(C)c3cccc(-c4[c-]ccc(N(C)C)c4)n3)n2)c1.[Pt+2].[Pt+2].[Pt+2].[Pt+2]. The minimum Gasteiger partial charge on any atom is -0.394 e. The number of rotatable bonds is 26. The molecule has 18 aromatic rings. The molecule has 8 heterocycles. The van der Waals surface area contributed by atoms with Gasteiger partial charge in [0.05, 0.1) is 4.90 Å². The number of sulfone groups is 2. The molecule has 0 aliphatic rings. The summed E-state index contributed by atoms with van der Waals surface area (Å²) in [4.78, 5) is 46.2. The van der Waals surface area contributed by atoms with Gasteiger partial charge in [0.15, 0.2) is 9.84 Å². The van der Waals surface area contributed by atoms with E-state index in [4.69, 9.17) is 29.9 Å². The van der Waals surface area contributed by atoms with Crippen molar-refractivity contribution >= 4 is 43.1 Å². The Kier molecular flexibility index (Phi) is 40.0. The molecule has 0 fully saturated rings. The Morgan fingerprint density at radius 3 is 0.880 bits per heavy atom. The van der Waals surface area contributed by atoms with E-state index in [1.165, 1.54) is 59.7 Å². The van der Waals surface area contributed by atoms with Crippen LogP contribution in [0.5, 0.6) is 0 Å². The second kappa shape index (κ2) is 51.0. The van der Waals surface area contributed by atoms with Gasteiger partial charge in [0.2, 0.25) is 0 Å². The maximum Gasteiger partial charge on any atom is 2.00 e. The average Bonchev–Trinajstić information content (AvgIpc) is 0.756. The Morgan fingerprint density at radius 2 is 0.560 bits per heavy atom. The first-order valence-electron chi connectivity index (χ1n) is 45.9. The third kappa shape index (κ3) is 29.2. The molecule has 772 valence electrons. The molecule has 16 nitrogen and oxygen atoms in total. The number of anilines is 2. The third-order valence-electron chi connectivity index (χ3n) is 24.1. The first-order valence-corrected chi connectivity index (χ1v) is 49.6. The summed E-state index contributed by atoms with van der Waals surface area (Å²) >= 11 is 0.363. The number of aromatic nitrogens is 8. The van der Waals surface area contributed by atoms with Crippen molar-refractivity contribution in [1.82, 2.24) is 39.9 Å². The van der Waals surface area contributed by atoms with Gasteiger partial charge in [-0.3, -0.25) is 0 Å². The van der Waals surface area contributed by atoms with Crippen molar-refractivity contribution < 1.29 is 145 Å². The zero-order chi connectivity index (χ0) is 104. The second-order valence-corrected chi connectivity index (χ2v) is 41.0. The van der Waals surface area contributed by atoms with E-state index < -0.39 is 52.7 Å². The first kappa shape index (κ1) is 118. The van der Waals surface area contributed by atoms with E-state index in [1.54, 1.807) is 91.0 Å². The predicted octanol–water partition coefficient (Wildman–Crippen LogP) is 27.5. The van der Waals surface area contributed by atoms with Gasteiger partial charge < -0.3 is 49.7 Å². The summed E-state index contributed by atoms with van der Waals surface area (Å²) < 4.78 is 157. The normalized spacial score (nSPS) is 11.6. The van der Waals surface area contributed by atoms with Crippen LogP contribution in [0, 0.1) is 60.2 Å². The minimum absolute atomic E-state index is 0. The topological polar surface area (TPSA) is 196 Å². The van der Waals surface area contributed by atoms with Crippen molar-refractivity contribution in [2.75, 3.05) is 38.0 Å². The summed E-state index contributed by atoms with van der Waals surface area (Å²) in [5.41, 5.74) is 13.7.